The highest BCUT2D eigenvalue weighted by Gasteiger charge is 2.32. The molecule has 0 aliphatic heterocycles. The molecule has 0 radical (unpaired) electrons. The van der Waals surface area contributed by atoms with Gasteiger partial charge in [0.1, 0.15) is 0 Å². The van der Waals surface area contributed by atoms with Crippen molar-refractivity contribution >= 4 is 34.9 Å². The first-order valence-electron chi connectivity index (χ1n) is 13.8. The average molecular weight is 596 g/mol. The number of hydrogen-bond acceptors (Lipinski definition) is 4. The van der Waals surface area contributed by atoms with Gasteiger partial charge in [0.05, 0.1) is 18.7 Å². The van der Waals surface area contributed by atoms with Crippen LogP contribution in [0.4, 0.5) is 29.3 Å². The molecule has 0 fully saturated rings. The molecule has 1 aliphatic rings. The monoisotopic (exact) mass is 595 g/mol. The molecule has 3 amide bonds. The van der Waals surface area contributed by atoms with Gasteiger partial charge in [-0.05, 0) is 91.3 Å². The van der Waals surface area contributed by atoms with E-state index in [1.54, 1.807) is 24.3 Å². The summed E-state index contributed by atoms with van der Waals surface area (Å²) in [5.74, 6) is -2.05. The molecule has 1 atom stereocenters. The number of urea groups is 1. The van der Waals surface area contributed by atoms with E-state index in [4.69, 9.17) is 5.11 Å². The highest BCUT2D eigenvalue weighted by molar-refractivity contribution is 6.02. The van der Waals surface area contributed by atoms with Gasteiger partial charge in [-0.2, -0.15) is 13.2 Å². The van der Waals surface area contributed by atoms with Crippen LogP contribution in [0.1, 0.15) is 58.3 Å². The Labute approximate surface area is 246 Å². The largest absolute Gasteiger partial charge is 0.479 e. The van der Waals surface area contributed by atoms with Crippen LogP contribution in [0.25, 0.3) is 5.57 Å². The van der Waals surface area contributed by atoms with Crippen molar-refractivity contribution in [2.45, 2.75) is 51.4 Å². The third-order valence-electron chi connectivity index (χ3n) is 7.18. The van der Waals surface area contributed by atoms with E-state index in [-0.39, 0.29) is 23.4 Å². The van der Waals surface area contributed by atoms with E-state index in [1.807, 2.05) is 12.1 Å². The lowest BCUT2D eigenvalue weighted by molar-refractivity contribution is -0.146. The van der Waals surface area contributed by atoms with Crippen LogP contribution in [0.3, 0.4) is 0 Å². The molecule has 8 nitrogen and oxygen atoms in total. The van der Waals surface area contributed by atoms with E-state index in [0.717, 1.165) is 37.3 Å². The Morgan fingerprint density at radius 2 is 1.67 bits per heavy atom. The molecule has 4 N–H and O–H groups in total. The fourth-order valence-electron chi connectivity index (χ4n) is 4.76. The third-order valence-corrected chi connectivity index (χ3v) is 7.18. The molecular weight excluding hydrogens is 563 g/mol. The van der Waals surface area contributed by atoms with E-state index in [9.17, 15) is 32.7 Å². The van der Waals surface area contributed by atoms with Gasteiger partial charge in [0.25, 0.3) is 5.91 Å². The fourth-order valence-corrected chi connectivity index (χ4v) is 4.76. The van der Waals surface area contributed by atoms with E-state index in [0.29, 0.717) is 11.3 Å². The Hall–Kier alpha value is -4.64. The van der Waals surface area contributed by atoms with Gasteiger partial charge in [-0.1, -0.05) is 36.4 Å². The van der Waals surface area contributed by atoms with Crippen LogP contribution >= 0.6 is 0 Å². The summed E-state index contributed by atoms with van der Waals surface area (Å²) in [7, 11) is 0. The van der Waals surface area contributed by atoms with Gasteiger partial charge in [0.15, 0.2) is 6.10 Å². The molecule has 0 spiro atoms. The van der Waals surface area contributed by atoms with E-state index < -0.39 is 42.3 Å². The van der Waals surface area contributed by atoms with Crippen molar-refractivity contribution in [1.82, 2.24) is 5.32 Å². The van der Waals surface area contributed by atoms with Gasteiger partial charge in [0, 0.05) is 16.9 Å². The maximum Gasteiger partial charge on any atom is 0.416 e. The summed E-state index contributed by atoms with van der Waals surface area (Å²) in [4.78, 5) is 38.0. The van der Waals surface area contributed by atoms with Crippen molar-refractivity contribution in [2.75, 3.05) is 16.8 Å². The second-order valence-electron chi connectivity index (χ2n) is 10.3. The Bertz CT molecular complexity index is 1500. The van der Waals surface area contributed by atoms with Crippen molar-refractivity contribution in [1.29, 1.82) is 0 Å². The molecule has 3 aromatic rings. The standard InChI is InChI=1S/C32H32F3N3O5/c1-20-7-14-25(17-27(20)32(33,34)35)37-31(43)38(26-15-12-23(13-16-26)22-5-3-2-4-6-22)19-21-8-10-24(11-9-21)29(40)36-18-28(39)30(41)42/h5,7-17,28,39H,2-4,6,18-19H2,1H3,(H,36,40)(H,37,43)(H,41,42)/t28-/m1/s1. The number of carbonyl (C=O) groups excluding carboxylic acids is 2. The number of carbonyl (C=O) groups is 3. The van der Waals surface area contributed by atoms with Gasteiger partial charge in [-0.15, -0.1) is 0 Å². The molecule has 226 valence electrons. The lowest BCUT2D eigenvalue weighted by Crippen LogP contribution is -2.36. The number of allylic oxidation sites excluding steroid dienone is 2. The third kappa shape index (κ3) is 8.23. The lowest BCUT2D eigenvalue weighted by Gasteiger charge is -2.24. The first kappa shape index (κ1) is 31.3. The van der Waals surface area contributed by atoms with Crippen LogP contribution in [0, 0.1) is 6.92 Å². The minimum absolute atomic E-state index is 0.00697. The van der Waals surface area contributed by atoms with E-state index >= 15 is 0 Å². The molecule has 0 unspecified atom stereocenters. The summed E-state index contributed by atoms with van der Waals surface area (Å²) < 4.78 is 40.5. The number of alkyl halides is 3. The molecule has 0 heterocycles. The van der Waals surface area contributed by atoms with Crippen LogP contribution in [-0.4, -0.2) is 40.8 Å². The lowest BCUT2D eigenvalue weighted by atomic mass is 9.93. The zero-order valence-electron chi connectivity index (χ0n) is 23.4. The van der Waals surface area contributed by atoms with E-state index in [1.165, 1.54) is 41.7 Å². The molecule has 0 saturated heterocycles. The molecule has 0 saturated carbocycles. The quantitative estimate of drug-likeness (QED) is 0.229. The SMILES string of the molecule is Cc1ccc(NC(=O)N(Cc2ccc(C(=O)NC[C@@H](O)C(=O)O)cc2)c2ccc(C3=CCCCC3)cc2)cc1C(F)(F)F. The summed E-state index contributed by atoms with van der Waals surface area (Å²) in [6, 6.07) is 16.6. The Morgan fingerprint density at radius 1 is 0.977 bits per heavy atom. The zero-order valence-corrected chi connectivity index (χ0v) is 23.4. The second-order valence-corrected chi connectivity index (χ2v) is 10.3. The molecular formula is C32H32F3N3O5. The summed E-state index contributed by atoms with van der Waals surface area (Å²) in [5, 5.41) is 23.1. The number of aliphatic hydroxyl groups excluding tert-OH is 1. The predicted molar refractivity (Wildman–Crippen MR) is 157 cm³/mol. The number of aliphatic hydroxyl groups is 1. The number of carboxylic acid groups (broad SMARTS) is 1. The van der Waals surface area contributed by atoms with Crippen LogP contribution in [0.15, 0.2) is 72.8 Å². The topological polar surface area (TPSA) is 119 Å². The number of halogens is 3. The van der Waals surface area contributed by atoms with Crippen molar-refractivity contribution in [3.63, 3.8) is 0 Å². The van der Waals surface area contributed by atoms with Gasteiger partial charge >= 0.3 is 18.2 Å². The molecule has 0 bridgehead atoms. The highest BCUT2D eigenvalue weighted by Crippen LogP contribution is 2.34. The smallest absolute Gasteiger partial charge is 0.416 e. The number of amides is 3. The number of nitrogens with zero attached hydrogens (tertiary/aromatic N) is 1. The fraction of sp³-hybridized carbons (Fsp3) is 0.281. The minimum atomic E-state index is -4.58. The van der Waals surface area contributed by atoms with Crippen molar-refractivity contribution < 1.29 is 37.8 Å². The summed E-state index contributed by atoms with van der Waals surface area (Å²) in [5.41, 5.74) is 2.82. The van der Waals surface area contributed by atoms with Crippen LogP contribution in [-0.2, 0) is 17.5 Å². The van der Waals surface area contributed by atoms with Crippen molar-refractivity contribution in [3.8, 4) is 0 Å². The predicted octanol–water partition coefficient (Wildman–Crippen LogP) is 6.39. The number of carboxylic acids is 1. The molecule has 1 aliphatic carbocycles. The van der Waals surface area contributed by atoms with Gasteiger partial charge in [0.2, 0.25) is 0 Å². The minimum Gasteiger partial charge on any atom is -0.479 e. The molecule has 3 aromatic carbocycles. The Kier molecular flexibility index (Phi) is 9.87. The average Bonchev–Trinajstić information content (AvgIpc) is 2.99. The molecule has 4 rings (SSSR count). The number of rotatable bonds is 9. The summed E-state index contributed by atoms with van der Waals surface area (Å²) in [6.45, 7) is 0.916. The number of aryl methyl sites for hydroxylation is 1. The second kappa shape index (κ2) is 13.6. The summed E-state index contributed by atoms with van der Waals surface area (Å²) in [6.07, 6.45) is 0.121. The number of benzene rings is 3. The van der Waals surface area contributed by atoms with Gasteiger partial charge in [-0.25, -0.2) is 9.59 Å². The van der Waals surface area contributed by atoms with Gasteiger partial charge in [-0.3, -0.25) is 9.69 Å². The summed E-state index contributed by atoms with van der Waals surface area (Å²) >= 11 is 0. The first-order chi connectivity index (χ1) is 20.4. The number of anilines is 2. The highest BCUT2D eigenvalue weighted by atomic mass is 19.4. The number of aliphatic carboxylic acids is 1. The number of nitrogens with one attached hydrogen (secondary N) is 2. The van der Waals surface area contributed by atoms with Gasteiger partial charge < -0.3 is 20.8 Å². The Morgan fingerprint density at radius 3 is 2.28 bits per heavy atom. The van der Waals surface area contributed by atoms with Crippen LogP contribution in [0.5, 0.6) is 0 Å². The normalized spacial score (nSPS) is 13.9. The van der Waals surface area contributed by atoms with Crippen LogP contribution in [0.2, 0.25) is 0 Å². The van der Waals surface area contributed by atoms with Crippen molar-refractivity contribution in [2.24, 2.45) is 0 Å². The van der Waals surface area contributed by atoms with Crippen LogP contribution < -0.4 is 15.5 Å². The first-order valence-corrected chi connectivity index (χ1v) is 13.8. The maximum absolute atomic E-state index is 13.5. The number of hydrogen-bond donors (Lipinski definition) is 4. The maximum atomic E-state index is 13.5. The van der Waals surface area contributed by atoms with Crippen molar-refractivity contribution in [3.05, 3.63) is 101 Å². The molecule has 0 aromatic heterocycles. The Balaban J connectivity index is 1.57. The molecule has 11 heteroatoms. The van der Waals surface area contributed by atoms with E-state index in [2.05, 4.69) is 16.7 Å². The zero-order chi connectivity index (χ0) is 31.1. The molecule has 43 heavy (non-hydrogen) atoms.